The molecule has 0 spiro atoms. The average Bonchev–Trinajstić information content (AvgIpc) is 2.18. The van der Waals surface area contributed by atoms with Gasteiger partial charge in [-0.05, 0) is 19.1 Å². The van der Waals surface area contributed by atoms with Crippen molar-refractivity contribution in [3.8, 4) is 5.75 Å². The Kier molecular flexibility index (Phi) is 2.40. The SMILES string of the molecule is COc1cc(Cl)cc2c(N)cc(C)nc12. The van der Waals surface area contributed by atoms with E-state index in [9.17, 15) is 0 Å². The zero-order valence-corrected chi connectivity index (χ0v) is 9.30. The van der Waals surface area contributed by atoms with Gasteiger partial charge in [-0.25, -0.2) is 4.98 Å². The molecule has 0 fully saturated rings. The minimum absolute atomic E-state index is 0.594. The maximum absolute atomic E-state index is 5.95. The Morgan fingerprint density at radius 2 is 2.07 bits per heavy atom. The number of nitrogens with two attached hydrogens (primary N) is 1. The lowest BCUT2D eigenvalue weighted by Gasteiger charge is -2.08. The molecule has 0 unspecified atom stereocenters. The maximum Gasteiger partial charge on any atom is 0.146 e. The molecule has 2 N–H and O–H groups in total. The number of nitrogen functional groups attached to an aromatic ring is 1. The molecule has 0 saturated carbocycles. The summed E-state index contributed by atoms with van der Waals surface area (Å²) in [6.45, 7) is 1.89. The Hall–Kier alpha value is -1.48. The molecule has 0 amide bonds. The van der Waals surface area contributed by atoms with Crippen LogP contribution in [0.5, 0.6) is 5.75 Å². The quantitative estimate of drug-likeness (QED) is 0.807. The minimum Gasteiger partial charge on any atom is -0.494 e. The number of benzene rings is 1. The number of ether oxygens (including phenoxy) is 1. The third-order valence-electron chi connectivity index (χ3n) is 2.22. The Bertz CT molecular complexity index is 525. The van der Waals surface area contributed by atoms with Gasteiger partial charge in [-0.15, -0.1) is 0 Å². The molecular weight excluding hydrogens is 212 g/mol. The number of nitrogens with zero attached hydrogens (tertiary/aromatic N) is 1. The van der Waals surface area contributed by atoms with Gasteiger partial charge in [0.05, 0.1) is 7.11 Å². The monoisotopic (exact) mass is 222 g/mol. The van der Waals surface area contributed by atoms with Crippen molar-refractivity contribution < 1.29 is 4.74 Å². The second-order valence-electron chi connectivity index (χ2n) is 3.36. The van der Waals surface area contributed by atoms with E-state index in [2.05, 4.69) is 4.98 Å². The average molecular weight is 223 g/mol. The first-order valence-electron chi connectivity index (χ1n) is 4.52. The number of hydrogen-bond acceptors (Lipinski definition) is 3. The molecule has 0 atom stereocenters. The normalized spacial score (nSPS) is 10.6. The van der Waals surface area contributed by atoms with E-state index in [-0.39, 0.29) is 0 Å². The van der Waals surface area contributed by atoms with E-state index in [0.717, 1.165) is 16.6 Å². The summed E-state index contributed by atoms with van der Waals surface area (Å²) in [6.07, 6.45) is 0. The van der Waals surface area contributed by atoms with Crippen LogP contribution in [0, 0.1) is 6.92 Å². The summed E-state index contributed by atoms with van der Waals surface area (Å²) in [5.74, 6) is 0.646. The molecule has 0 saturated heterocycles. The summed E-state index contributed by atoms with van der Waals surface area (Å²) in [5.41, 5.74) is 8.17. The molecule has 3 nitrogen and oxygen atoms in total. The number of methoxy groups -OCH3 is 1. The minimum atomic E-state index is 0.594. The molecule has 0 aliphatic carbocycles. The second-order valence-corrected chi connectivity index (χ2v) is 3.79. The van der Waals surface area contributed by atoms with Crippen LogP contribution in [0.2, 0.25) is 5.02 Å². The van der Waals surface area contributed by atoms with E-state index in [1.165, 1.54) is 0 Å². The topological polar surface area (TPSA) is 48.1 Å². The van der Waals surface area contributed by atoms with E-state index in [1.807, 2.05) is 13.0 Å². The molecule has 15 heavy (non-hydrogen) atoms. The summed E-state index contributed by atoms with van der Waals surface area (Å²) < 4.78 is 5.22. The van der Waals surface area contributed by atoms with Crippen molar-refractivity contribution in [2.75, 3.05) is 12.8 Å². The fourth-order valence-electron chi connectivity index (χ4n) is 1.58. The van der Waals surface area contributed by atoms with Crippen molar-refractivity contribution in [2.45, 2.75) is 6.92 Å². The van der Waals surface area contributed by atoms with Crippen LogP contribution < -0.4 is 10.5 Å². The molecule has 1 aromatic heterocycles. The van der Waals surface area contributed by atoms with Crippen LogP contribution in [-0.4, -0.2) is 12.1 Å². The molecule has 0 aliphatic rings. The molecule has 4 heteroatoms. The molecule has 2 rings (SSSR count). The smallest absolute Gasteiger partial charge is 0.146 e. The van der Waals surface area contributed by atoms with Gasteiger partial charge in [0, 0.05) is 27.9 Å². The van der Waals surface area contributed by atoms with E-state index < -0.39 is 0 Å². The number of pyridine rings is 1. The summed E-state index contributed by atoms with van der Waals surface area (Å²) in [5, 5.41) is 1.42. The Morgan fingerprint density at radius 1 is 1.33 bits per heavy atom. The van der Waals surface area contributed by atoms with Crippen LogP contribution in [0.15, 0.2) is 18.2 Å². The highest BCUT2D eigenvalue weighted by molar-refractivity contribution is 6.31. The van der Waals surface area contributed by atoms with Gasteiger partial charge in [0.15, 0.2) is 0 Å². The molecule has 78 valence electrons. The van der Waals surface area contributed by atoms with Crippen molar-refractivity contribution in [1.29, 1.82) is 0 Å². The molecule has 2 aromatic rings. The van der Waals surface area contributed by atoms with Gasteiger partial charge in [0.25, 0.3) is 0 Å². The van der Waals surface area contributed by atoms with Gasteiger partial charge in [-0.1, -0.05) is 11.6 Å². The van der Waals surface area contributed by atoms with Gasteiger partial charge >= 0.3 is 0 Å². The lowest BCUT2D eigenvalue weighted by atomic mass is 10.1. The van der Waals surface area contributed by atoms with Crippen LogP contribution in [0.3, 0.4) is 0 Å². The van der Waals surface area contributed by atoms with Crippen LogP contribution in [0.4, 0.5) is 5.69 Å². The molecule has 0 aliphatic heterocycles. The largest absolute Gasteiger partial charge is 0.494 e. The summed E-state index contributed by atoms with van der Waals surface area (Å²) in [7, 11) is 1.59. The van der Waals surface area contributed by atoms with Crippen molar-refractivity contribution in [3.63, 3.8) is 0 Å². The molecular formula is C11H11ClN2O. The fraction of sp³-hybridized carbons (Fsp3) is 0.182. The highest BCUT2D eigenvalue weighted by Crippen LogP contribution is 2.31. The number of aryl methyl sites for hydroxylation is 1. The lowest BCUT2D eigenvalue weighted by Crippen LogP contribution is -1.94. The molecule has 0 radical (unpaired) electrons. The van der Waals surface area contributed by atoms with E-state index in [4.69, 9.17) is 22.1 Å². The summed E-state index contributed by atoms with van der Waals surface area (Å²) in [4.78, 5) is 4.38. The zero-order valence-electron chi connectivity index (χ0n) is 8.54. The van der Waals surface area contributed by atoms with Gasteiger partial charge < -0.3 is 10.5 Å². The number of fused-ring (bicyclic) bond motifs is 1. The van der Waals surface area contributed by atoms with Crippen LogP contribution in [0.25, 0.3) is 10.9 Å². The Labute approximate surface area is 92.8 Å². The van der Waals surface area contributed by atoms with Crippen LogP contribution in [0.1, 0.15) is 5.69 Å². The zero-order chi connectivity index (χ0) is 11.0. The Morgan fingerprint density at radius 3 is 2.73 bits per heavy atom. The first-order valence-corrected chi connectivity index (χ1v) is 4.90. The van der Waals surface area contributed by atoms with Crippen LogP contribution in [-0.2, 0) is 0 Å². The third kappa shape index (κ3) is 1.70. The predicted octanol–water partition coefficient (Wildman–Crippen LogP) is 2.79. The highest BCUT2D eigenvalue weighted by Gasteiger charge is 2.08. The predicted molar refractivity (Wildman–Crippen MR) is 62.5 cm³/mol. The number of anilines is 1. The van der Waals surface area contributed by atoms with Crippen molar-refractivity contribution in [1.82, 2.24) is 4.98 Å². The number of rotatable bonds is 1. The number of aromatic nitrogens is 1. The standard InChI is InChI=1S/C11H11ClN2O/c1-6-3-9(13)8-4-7(12)5-10(15-2)11(8)14-6/h3-5H,1-2H3,(H2,13,14). The highest BCUT2D eigenvalue weighted by atomic mass is 35.5. The molecule has 1 heterocycles. The van der Waals surface area contributed by atoms with Crippen molar-refractivity contribution in [3.05, 3.63) is 28.9 Å². The number of halogens is 1. The lowest BCUT2D eigenvalue weighted by molar-refractivity contribution is 0.419. The van der Waals surface area contributed by atoms with E-state index in [1.54, 1.807) is 19.2 Å². The molecule has 1 aromatic carbocycles. The Balaban J connectivity index is 2.89. The maximum atomic E-state index is 5.95. The van der Waals surface area contributed by atoms with E-state index in [0.29, 0.717) is 16.5 Å². The van der Waals surface area contributed by atoms with Crippen LogP contribution >= 0.6 is 11.6 Å². The van der Waals surface area contributed by atoms with E-state index >= 15 is 0 Å². The summed E-state index contributed by atoms with van der Waals surface area (Å²) >= 11 is 5.95. The fourth-order valence-corrected chi connectivity index (χ4v) is 1.78. The van der Waals surface area contributed by atoms with Crippen molar-refractivity contribution in [2.24, 2.45) is 0 Å². The number of hydrogen-bond donors (Lipinski definition) is 1. The first kappa shape index (κ1) is 10.1. The van der Waals surface area contributed by atoms with Gasteiger partial charge in [0.1, 0.15) is 11.3 Å². The first-order chi connectivity index (χ1) is 7.11. The third-order valence-corrected chi connectivity index (χ3v) is 2.44. The van der Waals surface area contributed by atoms with Gasteiger partial charge in [-0.2, -0.15) is 0 Å². The molecule has 0 bridgehead atoms. The van der Waals surface area contributed by atoms with Gasteiger partial charge in [-0.3, -0.25) is 0 Å². The van der Waals surface area contributed by atoms with Gasteiger partial charge in [0.2, 0.25) is 0 Å². The second kappa shape index (κ2) is 3.59. The van der Waals surface area contributed by atoms with Crippen molar-refractivity contribution >= 4 is 28.2 Å². The summed E-state index contributed by atoms with van der Waals surface area (Å²) in [6, 6.07) is 5.34.